The third-order valence-corrected chi connectivity index (χ3v) is 2.41. The Kier molecular flexibility index (Phi) is 2.25. The monoisotopic (exact) mass is 191 g/mol. The topological polar surface area (TPSA) is 42.4 Å². The van der Waals surface area contributed by atoms with E-state index in [4.69, 9.17) is 4.74 Å². The van der Waals surface area contributed by atoms with Crippen LogP contribution >= 0.6 is 0 Å². The Hall–Kier alpha value is -1.35. The third-order valence-electron chi connectivity index (χ3n) is 2.41. The molecule has 1 atom stereocenters. The molecule has 2 heterocycles. The summed E-state index contributed by atoms with van der Waals surface area (Å²) in [6, 6.07) is 3.65. The first-order valence-electron chi connectivity index (χ1n) is 4.67. The number of hydrogen-bond acceptors (Lipinski definition) is 3. The first-order valence-corrected chi connectivity index (χ1v) is 4.67. The van der Waals surface area contributed by atoms with Gasteiger partial charge >= 0.3 is 0 Å². The SMILES string of the molecule is CC(O)(C1=CCCO1)c1cccnc1. The van der Waals surface area contributed by atoms with Crippen molar-refractivity contribution in [3.05, 3.63) is 41.9 Å². The molecule has 1 aliphatic heterocycles. The van der Waals surface area contributed by atoms with Crippen molar-refractivity contribution in [3.8, 4) is 0 Å². The summed E-state index contributed by atoms with van der Waals surface area (Å²) < 4.78 is 5.36. The van der Waals surface area contributed by atoms with Crippen LogP contribution in [0, 0.1) is 0 Å². The summed E-state index contributed by atoms with van der Waals surface area (Å²) in [5.41, 5.74) is -0.293. The lowest BCUT2D eigenvalue weighted by Gasteiger charge is -2.24. The Labute approximate surface area is 83.1 Å². The van der Waals surface area contributed by atoms with Crippen molar-refractivity contribution in [2.45, 2.75) is 18.9 Å². The number of pyridine rings is 1. The fourth-order valence-corrected chi connectivity index (χ4v) is 1.55. The van der Waals surface area contributed by atoms with Gasteiger partial charge in [0.05, 0.1) is 6.61 Å². The summed E-state index contributed by atoms with van der Waals surface area (Å²) in [6.45, 7) is 2.38. The number of aromatic nitrogens is 1. The van der Waals surface area contributed by atoms with Gasteiger partial charge < -0.3 is 9.84 Å². The van der Waals surface area contributed by atoms with Gasteiger partial charge in [-0.2, -0.15) is 0 Å². The molecule has 0 aliphatic carbocycles. The van der Waals surface area contributed by atoms with Gasteiger partial charge in [0.1, 0.15) is 11.4 Å². The van der Waals surface area contributed by atoms with Gasteiger partial charge in [-0.05, 0) is 19.1 Å². The van der Waals surface area contributed by atoms with Gasteiger partial charge in [0.15, 0.2) is 0 Å². The van der Waals surface area contributed by atoms with Crippen LogP contribution in [0.3, 0.4) is 0 Å². The zero-order valence-electron chi connectivity index (χ0n) is 8.10. The first-order chi connectivity index (χ1) is 6.71. The van der Waals surface area contributed by atoms with Crippen LogP contribution in [0.1, 0.15) is 18.9 Å². The second-order valence-corrected chi connectivity index (χ2v) is 3.52. The van der Waals surface area contributed by atoms with Crippen LogP contribution in [0.5, 0.6) is 0 Å². The zero-order chi connectivity index (χ0) is 10.0. The van der Waals surface area contributed by atoms with Gasteiger partial charge in [-0.15, -0.1) is 0 Å². The smallest absolute Gasteiger partial charge is 0.145 e. The molecule has 0 radical (unpaired) electrons. The molecule has 1 N–H and O–H groups in total. The lowest BCUT2D eigenvalue weighted by molar-refractivity contribution is 0.0315. The summed E-state index contributed by atoms with van der Waals surface area (Å²) in [7, 11) is 0. The summed E-state index contributed by atoms with van der Waals surface area (Å²) in [4.78, 5) is 3.98. The first kappa shape index (κ1) is 9.21. The molecule has 0 aromatic carbocycles. The van der Waals surface area contributed by atoms with Crippen molar-refractivity contribution in [1.82, 2.24) is 4.98 Å². The third kappa shape index (κ3) is 1.51. The molecule has 1 aromatic rings. The van der Waals surface area contributed by atoms with E-state index in [9.17, 15) is 5.11 Å². The Morgan fingerprint density at radius 2 is 2.43 bits per heavy atom. The highest BCUT2D eigenvalue weighted by molar-refractivity contribution is 5.27. The van der Waals surface area contributed by atoms with Gasteiger partial charge in [0, 0.05) is 24.4 Å². The predicted octanol–water partition coefficient (Wildman–Crippen LogP) is 1.59. The molecule has 3 heteroatoms. The van der Waals surface area contributed by atoms with Gasteiger partial charge in [0.25, 0.3) is 0 Å². The highest BCUT2D eigenvalue weighted by Gasteiger charge is 2.31. The Balaban J connectivity index is 2.32. The number of aliphatic hydroxyl groups is 1. The number of hydrogen-bond donors (Lipinski definition) is 1. The normalized spacial score (nSPS) is 19.7. The summed E-state index contributed by atoms with van der Waals surface area (Å²) >= 11 is 0. The van der Waals surface area contributed by atoms with Crippen LogP contribution in [0.25, 0.3) is 0 Å². The van der Waals surface area contributed by atoms with Crippen molar-refractivity contribution in [2.24, 2.45) is 0 Å². The van der Waals surface area contributed by atoms with Crippen molar-refractivity contribution in [1.29, 1.82) is 0 Å². The molecular weight excluding hydrogens is 178 g/mol. The van der Waals surface area contributed by atoms with Gasteiger partial charge in [0.2, 0.25) is 0 Å². The second-order valence-electron chi connectivity index (χ2n) is 3.52. The van der Waals surface area contributed by atoms with Crippen LogP contribution in [0.4, 0.5) is 0 Å². The summed E-state index contributed by atoms with van der Waals surface area (Å²) in [5.74, 6) is 0.630. The molecule has 14 heavy (non-hydrogen) atoms. The Morgan fingerprint density at radius 3 is 3.00 bits per heavy atom. The second kappa shape index (κ2) is 3.42. The van der Waals surface area contributed by atoms with E-state index < -0.39 is 5.60 Å². The minimum atomic E-state index is -1.05. The molecule has 0 spiro atoms. The standard InChI is InChI=1S/C11H13NO2/c1-11(13,10-5-3-7-14-10)9-4-2-6-12-8-9/h2,4-6,8,13H,3,7H2,1H3. The fourth-order valence-electron chi connectivity index (χ4n) is 1.55. The maximum absolute atomic E-state index is 10.3. The van der Waals surface area contributed by atoms with Crippen molar-refractivity contribution >= 4 is 0 Å². The maximum Gasteiger partial charge on any atom is 0.145 e. The van der Waals surface area contributed by atoms with E-state index in [1.54, 1.807) is 25.4 Å². The largest absolute Gasteiger partial charge is 0.495 e. The molecule has 1 aliphatic rings. The lowest BCUT2D eigenvalue weighted by Crippen LogP contribution is -2.24. The maximum atomic E-state index is 10.3. The van der Waals surface area contributed by atoms with E-state index in [0.717, 1.165) is 12.0 Å². The van der Waals surface area contributed by atoms with E-state index >= 15 is 0 Å². The van der Waals surface area contributed by atoms with E-state index in [1.807, 2.05) is 12.1 Å². The van der Waals surface area contributed by atoms with Crippen LogP contribution in [0.2, 0.25) is 0 Å². The van der Waals surface area contributed by atoms with Gasteiger partial charge in [-0.3, -0.25) is 4.98 Å². The molecule has 74 valence electrons. The molecule has 0 saturated carbocycles. The molecule has 0 saturated heterocycles. The average Bonchev–Trinajstić information content (AvgIpc) is 2.72. The highest BCUT2D eigenvalue weighted by atomic mass is 16.5. The molecule has 1 aromatic heterocycles. The average molecular weight is 191 g/mol. The van der Waals surface area contributed by atoms with Crippen LogP contribution in [0.15, 0.2) is 36.4 Å². The van der Waals surface area contributed by atoms with Crippen LogP contribution in [-0.4, -0.2) is 16.7 Å². The summed E-state index contributed by atoms with van der Waals surface area (Å²) in [6.07, 6.45) is 6.13. The predicted molar refractivity (Wildman–Crippen MR) is 52.5 cm³/mol. The molecule has 3 nitrogen and oxygen atoms in total. The summed E-state index contributed by atoms with van der Waals surface area (Å²) in [5, 5.41) is 10.3. The van der Waals surface area contributed by atoms with Crippen molar-refractivity contribution < 1.29 is 9.84 Å². The quantitative estimate of drug-likeness (QED) is 0.772. The van der Waals surface area contributed by atoms with Gasteiger partial charge in [-0.1, -0.05) is 6.07 Å². The van der Waals surface area contributed by atoms with E-state index in [0.29, 0.717) is 12.4 Å². The van der Waals surface area contributed by atoms with E-state index in [-0.39, 0.29) is 0 Å². The van der Waals surface area contributed by atoms with Gasteiger partial charge in [-0.25, -0.2) is 0 Å². The minimum absolute atomic E-state index is 0.630. The minimum Gasteiger partial charge on any atom is -0.495 e. The number of nitrogens with zero attached hydrogens (tertiary/aromatic N) is 1. The molecule has 0 fully saturated rings. The molecule has 0 bridgehead atoms. The molecule has 2 rings (SSSR count). The van der Waals surface area contributed by atoms with Crippen molar-refractivity contribution in [2.75, 3.05) is 6.61 Å². The van der Waals surface area contributed by atoms with E-state index in [2.05, 4.69) is 4.98 Å². The van der Waals surface area contributed by atoms with Crippen molar-refractivity contribution in [3.63, 3.8) is 0 Å². The fraction of sp³-hybridized carbons (Fsp3) is 0.364. The molecule has 0 amide bonds. The van der Waals surface area contributed by atoms with Crippen LogP contribution < -0.4 is 0 Å². The van der Waals surface area contributed by atoms with Crippen LogP contribution in [-0.2, 0) is 10.3 Å². The number of ether oxygens (including phenoxy) is 1. The highest BCUT2D eigenvalue weighted by Crippen LogP contribution is 2.31. The number of rotatable bonds is 2. The Bertz CT molecular complexity index is 344. The zero-order valence-corrected chi connectivity index (χ0v) is 8.10. The lowest BCUT2D eigenvalue weighted by atomic mass is 9.95. The molecular formula is C11H13NO2. The molecule has 1 unspecified atom stereocenters. The Morgan fingerprint density at radius 1 is 1.57 bits per heavy atom. The van der Waals surface area contributed by atoms with E-state index in [1.165, 1.54) is 0 Å².